The first-order chi connectivity index (χ1) is 7.90. The minimum absolute atomic E-state index is 0.404. The third-order valence-electron chi connectivity index (χ3n) is 2.76. The quantitative estimate of drug-likeness (QED) is 0.809. The molecule has 1 aromatic rings. The predicted molar refractivity (Wildman–Crippen MR) is 73.7 cm³/mol. The molecule has 4 heteroatoms. The summed E-state index contributed by atoms with van der Waals surface area (Å²) in [5.41, 5.74) is 0.925. The summed E-state index contributed by atoms with van der Waals surface area (Å²) in [5.74, 6) is 2.30. The van der Waals surface area contributed by atoms with E-state index in [1.54, 1.807) is 0 Å². The van der Waals surface area contributed by atoms with Gasteiger partial charge in [0.05, 0.1) is 0 Å². The fourth-order valence-electron chi connectivity index (χ4n) is 1.62. The molecule has 0 aromatic carbocycles. The van der Waals surface area contributed by atoms with E-state index < -0.39 is 0 Å². The van der Waals surface area contributed by atoms with Crippen molar-refractivity contribution in [3.05, 3.63) is 16.5 Å². The van der Waals surface area contributed by atoms with Gasteiger partial charge in [0, 0.05) is 11.6 Å². The number of rotatable bonds is 5. The van der Waals surface area contributed by atoms with Gasteiger partial charge in [0.2, 0.25) is 0 Å². The number of aromatic nitrogens is 2. The van der Waals surface area contributed by atoms with Crippen molar-refractivity contribution in [2.45, 2.75) is 53.5 Å². The lowest BCUT2D eigenvalue weighted by Gasteiger charge is -2.17. The molecule has 0 saturated carbocycles. The van der Waals surface area contributed by atoms with Gasteiger partial charge in [0.1, 0.15) is 16.8 Å². The summed E-state index contributed by atoms with van der Waals surface area (Å²) in [6.45, 7) is 10.5. The molecule has 0 saturated heterocycles. The summed E-state index contributed by atoms with van der Waals surface area (Å²) < 4.78 is 0. The summed E-state index contributed by atoms with van der Waals surface area (Å²) >= 11 is 6.04. The van der Waals surface area contributed by atoms with Crippen LogP contribution in [0.25, 0.3) is 0 Å². The lowest BCUT2D eigenvalue weighted by molar-refractivity contribution is 0.527. The van der Waals surface area contributed by atoms with Crippen LogP contribution in [0.3, 0.4) is 0 Å². The second-order valence-electron chi connectivity index (χ2n) is 5.05. The van der Waals surface area contributed by atoms with Crippen molar-refractivity contribution < 1.29 is 0 Å². The van der Waals surface area contributed by atoms with E-state index in [1.807, 2.05) is 13.8 Å². The summed E-state index contributed by atoms with van der Waals surface area (Å²) in [4.78, 5) is 8.52. The molecule has 1 aromatic heterocycles. The Balaban J connectivity index is 2.68. The standard InChI is InChI=1S/C13H22ClN3/c1-8(2)6-7-9(3)15-13-10(4)12(14)16-11(5)17-13/h8-9H,6-7H2,1-5H3,(H,15,16,17). The van der Waals surface area contributed by atoms with Gasteiger partial charge in [-0.05, 0) is 39.5 Å². The van der Waals surface area contributed by atoms with Crippen LogP contribution in [0.2, 0.25) is 5.15 Å². The van der Waals surface area contributed by atoms with Crippen LogP contribution in [0.4, 0.5) is 5.82 Å². The van der Waals surface area contributed by atoms with E-state index in [4.69, 9.17) is 11.6 Å². The third-order valence-corrected chi connectivity index (χ3v) is 3.13. The lowest BCUT2D eigenvalue weighted by Crippen LogP contribution is -2.18. The Bertz CT molecular complexity index is 377. The molecular weight excluding hydrogens is 234 g/mol. The zero-order valence-corrected chi connectivity index (χ0v) is 12.1. The second-order valence-corrected chi connectivity index (χ2v) is 5.41. The molecule has 1 heterocycles. The molecule has 1 N–H and O–H groups in total. The van der Waals surface area contributed by atoms with Crippen LogP contribution in [-0.2, 0) is 0 Å². The largest absolute Gasteiger partial charge is 0.367 e. The second kappa shape index (κ2) is 6.20. The summed E-state index contributed by atoms with van der Waals surface area (Å²) in [6.07, 6.45) is 2.35. The van der Waals surface area contributed by atoms with Crippen molar-refractivity contribution in [3.8, 4) is 0 Å². The monoisotopic (exact) mass is 255 g/mol. The highest BCUT2D eigenvalue weighted by Gasteiger charge is 2.10. The van der Waals surface area contributed by atoms with Crippen LogP contribution in [0.5, 0.6) is 0 Å². The maximum Gasteiger partial charge on any atom is 0.137 e. The van der Waals surface area contributed by atoms with Gasteiger partial charge in [-0.1, -0.05) is 25.4 Å². The first-order valence-electron chi connectivity index (χ1n) is 6.17. The highest BCUT2D eigenvalue weighted by molar-refractivity contribution is 6.30. The van der Waals surface area contributed by atoms with Crippen molar-refractivity contribution in [1.82, 2.24) is 9.97 Å². The van der Waals surface area contributed by atoms with Crippen LogP contribution in [-0.4, -0.2) is 16.0 Å². The maximum atomic E-state index is 6.04. The Morgan fingerprint density at radius 3 is 2.35 bits per heavy atom. The Kier molecular flexibility index (Phi) is 5.19. The van der Waals surface area contributed by atoms with E-state index >= 15 is 0 Å². The molecule has 1 rings (SSSR count). The third kappa shape index (κ3) is 4.50. The topological polar surface area (TPSA) is 37.8 Å². The van der Waals surface area contributed by atoms with E-state index in [1.165, 1.54) is 6.42 Å². The van der Waals surface area contributed by atoms with E-state index in [0.717, 1.165) is 23.7 Å². The fourth-order valence-corrected chi connectivity index (χ4v) is 1.84. The highest BCUT2D eigenvalue weighted by atomic mass is 35.5. The molecule has 0 aliphatic carbocycles. The van der Waals surface area contributed by atoms with E-state index in [0.29, 0.717) is 17.0 Å². The number of hydrogen-bond acceptors (Lipinski definition) is 3. The minimum atomic E-state index is 0.404. The molecule has 0 spiro atoms. The van der Waals surface area contributed by atoms with Crippen molar-refractivity contribution in [2.75, 3.05) is 5.32 Å². The van der Waals surface area contributed by atoms with Crippen LogP contribution in [0.1, 0.15) is 45.0 Å². The molecule has 0 aliphatic rings. The number of hydrogen-bond donors (Lipinski definition) is 1. The SMILES string of the molecule is Cc1nc(Cl)c(C)c(NC(C)CCC(C)C)n1. The smallest absolute Gasteiger partial charge is 0.137 e. The van der Waals surface area contributed by atoms with Crippen molar-refractivity contribution in [1.29, 1.82) is 0 Å². The molecule has 96 valence electrons. The van der Waals surface area contributed by atoms with Gasteiger partial charge in [-0.25, -0.2) is 9.97 Å². The normalized spacial score (nSPS) is 12.9. The average Bonchev–Trinajstić information content (AvgIpc) is 2.22. The minimum Gasteiger partial charge on any atom is -0.367 e. The Morgan fingerprint density at radius 2 is 1.76 bits per heavy atom. The van der Waals surface area contributed by atoms with Gasteiger partial charge < -0.3 is 5.32 Å². The van der Waals surface area contributed by atoms with E-state index in [9.17, 15) is 0 Å². The molecule has 1 unspecified atom stereocenters. The highest BCUT2D eigenvalue weighted by Crippen LogP contribution is 2.21. The van der Waals surface area contributed by atoms with Gasteiger partial charge in [0.15, 0.2) is 0 Å². The predicted octanol–water partition coefficient (Wildman–Crippen LogP) is 3.98. The molecule has 3 nitrogen and oxygen atoms in total. The zero-order valence-electron chi connectivity index (χ0n) is 11.3. The number of aryl methyl sites for hydroxylation is 1. The summed E-state index contributed by atoms with van der Waals surface area (Å²) in [6, 6.07) is 0.404. The first kappa shape index (κ1) is 14.2. The van der Waals surface area contributed by atoms with Crippen LogP contribution in [0, 0.1) is 19.8 Å². The van der Waals surface area contributed by atoms with Crippen molar-refractivity contribution >= 4 is 17.4 Å². The molecule has 0 bridgehead atoms. The van der Waals surface area contributed by atoms with Crippen LogP contribution in [0.15, 0.2) is 0 Å². The number of anilines is 1. The zero-order chi connectivity index (χ0) is 13.0. The molecule has 0 amide bonds. The Hall–Kier alpha value is -0.830. The number of halogens is 1. The molecule has 0 radical (unpaired) electrons. The molecule has 1 atom stereocenters. The van der Waals surface area contributed by atoms with Gasteiger partial charge >= 0.3 is 0 Å². The number of nitrogens with zero attached hydrogens (tertiary/aromatic N) is 2. The lowest BCUT2D eigenvalue weighted by atomic mass is 10.0. The number of nitrogens with one attached hydrogen (secondary N) is 1. The van der Waals surface area contributed by atoms with E-state index in [2.05, 4.69) is 36.1 Å². The first-order valence-corrected chi connectivity index (χ1v) is 6.55. The maximum absolute atomic E-state index is 6.04. The van der Waals surface area contributed by atoms with Gasteiger partial charge in [0.25, 0.3) is 0 Å². The van der Waals surface area contributed by atoms with Crippen molar-refractivity contribution in [3.63, 3.8) is 0 Å². The van der Waals surface area contributed by atoms with Crippen LogP contribution < -0.4 is 5.32 Å². The van der Waals surface area contributed by atoms with E-state index in [-0.39, 0.29) is 0 Å². The van der Waals surface area contributed by atoms with Gasteiger partial charge in [-0.15, -0.1) is 0 Å². The summed E-state index contributed by atoms with van der Waals surface area (Å²) in [7, 11) is 0. The summed E-state index contributed by atoms with van der Waals surface area (Å²) in [5, 5.41) is 3.95. The fraction of sp³-hybridized carbons (Fsp3) is 0.692. The van der Waals surface area contributed by atoms with Gasteiger partial charge in [-0.3, -0.25) is 0 Å². The Morgan fingerprint density at radius 1 is 1.12 bits per heavy atom. The van der Waals surface area contributed by atoms with Crippen molar-refractivity contribution in [2.24, 2.45) is 5.92 Å². The average molecular weight is 256 g/mol. The van der Waals surface area contributed by atoms with Crippen LogP contribution >= 0.6 is 11.6 Å². The molecule has 0 fully saturated rings. The van der Waals surface area contributed by atoms with Gasteiger partial charge in [-0.2, -0.15) is 0 Å². The molecule has 0 aliphatic heterocycles. The molecular formula is C13H22ClN3. The molecule has 17 heavy (non-hydrogen) atoms. The Labute approximate surface area is 109 Å².